The molecule has 1 atom stereocenters. The zero-order valence-electron chi connectivity index (χ0n) is 27.5. The van der Waals surface area contributed by atoms with Gasteiger partial charge in [0.05, 0.1) is 33.6 Å². The van der Waals surface area contributed by atoms with E-state index in [-0.39, 0.29) is 11.5 Å². The number of benzene rings is 4. The molecule has 5 aromatic rings. The van der Waals surface area contributed by atoms with Crippen molar-refractivity contribution in [2.24, 2.45) is 4.99 Å². The van der Waals surface area contributed by atoms with Crippen LogP contribution in [0.15, 0.2) is 99.9 Å². The van der Waals surface area contributed by atoms with Crippen molar-refractivity contribution in [3.05, 3.63) is 130 Å². The van der Waals surface area contributed by atoms with Gasteiger partial charge in [-0.15, -0.1) is 0 Å². The number of fused-ring (bicyclic) bond motifs is 2. The number of carbonyl (C=O) groups is 1. The first-order chi connectivity index (χ1) is 23.3. The second kappa shape index (κ2) is 14.4. The molecule has 0 N–H and O–H groups in total. The van der Waals surface area contributed by atoms with Crippen LogP contribution in [0.1, 0.15) is 43.5 Å². The number of nitrogens with zero attached hydrogens (tertiary/aromatic N) is 3. The third-order valence-electron chi connectivity index (χ3n) is 8.50. The number of amides is 1. The molecule has 1 aromatic heterocycles. The molecule has 6 rings (SSSR count). The summed E-state index contributed by atoms with van der Waals surface area (Å²) in [6.45, 7) is 7.21. The predicted octanol–water partition coefficient (Wildman–Crippen LogP) is 6.46. The minimum absolute atomic E-state index is 0.152. The maximum Gasteiger partial charge on any atom is 0.271 e. The maximum atomic E-state index is 14.5. The molecule has 0 bridgehead atoms. The molecular weight excluding hydrogens is 737 g/mol. The normalized spacial score (nSPS) is 14.5. The Bertz CT molecular complexity index is 2220. The van der Waals surface area contributed by atoms with Crippen LogP contribution in [-0.2, 0) is 11.4 Å². The summed E-state index contributed by atoms with van der Waals surface area (Å²) in [6.07, 6.45) is 1.85. The van der Waals surface area contributed by atoms with Crippen LogP contribution in [0.25, 0.3) is 16.8 Å². The lowest BCUT2D eigenvalue weighted by Crippen LogP contribution is -2.43. The number of carbonyl (C=O) groups excluding carboxylic acids is 1. The number of rotatable bonds is 10. The van der Waals surface area contributed by atoms with Crippen molar-refractivity contribution in [1.29, 1.82) is 0 Å². The van der Waals surface area contributed by atoms with E-state index in [4.69, 9.17) is 19.2 Å². The summed E-state index contributed by atoms with van der Waals surface area (Å²) < 4.78 is 20.8. The standard InChI is InChI=1S/C38H36IN3O5S/c1-6-41(7-2)37(44)32-23(3)40-38-42(34(32)33-27-16-12-11-15-26(27)17-18-29(33)45-4)36(43)31(48-38)21-25-19-28(39)35(30(20-25)46-5)47-22-24-13-9-8-10-14-24/h8-21,34H,6-7,22H2,1-5H3/b31-21+/t34-/m0/s1. The van der Waals surface area contributed by atoms with Gasteiger partial charge in [-0.25, -0.2) is 4.99 Å². The van der Waals surface area contributed by atoms with Crippen LogP contribution in [0.4, 0.5) is 0 Å². The maximum absolute atomic E-state index is 14.5. The zero-order valence-corrected chi connectivity index (χ0v) is 30.4. The largest absolute Gasteiger partial charge is 0.496 e. The molecule has 0 fully saturated rings. The zero-order chi connectivity index (χ0) is 33.9. The van der Waals surface area contributed by atoms with E-state index in [1.54, 1.807) is 23.7 Å². The summed E-state index contributed by atoms with van der Waals surface area (Å²) in [4.78, 5) is 35.9. The lowest BCUT2D eigenvalue weighted by Gasteiger charge is -2.30. The molecule has 1 amide bonds. The van der Waals surface area contributed by atoms with Gasteiger partial charge >= 0.3 is 0 Å². The fourth-order valence-electron chi connectivity index (χ4n) is 6.13. The lowest BCUT2D eigenvalue weighted by atomic mass is 9.90. The van der Waals surface area contributed by atoms with Crippen molar-refractivity contribution in [1.82, 2.24) is 9.47 Å². The first-order valence-electron chi connectivity index (χ1n) is 15.7. The molecule has 0 spiro atoms. The van der Waals surface area contributed by atoms with Crippen molar-refractivity contribution in [3.8, 4) is 17.2 Å². The minimum atomic E-state index is -0.749. The second-order valence-electron chi connectivity index (χ2n) is 11.3. The number of hydrogen-bond donors (Lipinski definition) is 0. The van der Waals surface area contributed by atoms with E-state index < -0.39 is 6.04 Å². The van der Waals surface area contributed by atoms with Gasteiger partial charge in [0, 0.05) is 18.7 Å². The SMILES string of the molecule is CCN(CC)C(=O)C1=C(C)N=c2s/c(=C/c3cc(I)c(OCc4ccccc4)c(OC)c3)c(=O)n2[C@@H]1c1c(OC)ccc2ccccc12. The summed E-state index contributed by atoms with van der Waals surface area (Å²) in [5, 5.41) is 1.89. The van der Waals surface area contributed by atoms with Crippen LogP contribution < -0.4 is 29.1 Å². The highest BCUT2D eigenvalue weighted by molar-refractivity contribution is 14.1. The molecule has 10 heteroatoms. The van der Waals surface area contributed by atoms with Crippen molar-refractivity contribution in [2.45, 2.75) is 33.4 Å². The van der Waals surface area contributed by atoms with E-state index in [0.29, 0.717) is 57.5 Å². The predicted molar refractivity (Wildman–Crippen MR) is 199 cm³/mol. The molecule has 8 nitrogen and oxygen atoms in total. The summed E-state index contributed by atoms with van der Waals surface area (Å²) in [5.41, 5.74) is 3.38. The molecule has 0 aliphatic carbocycles. The fourth-order valence-corrected chi connectivity index (χ4v) is 7.96. The van der Waals surface area contributed by atoms with E-state index in [1.807, 2.05) is 106 Å². The number of halogens is 1. The van der Waals surface area contributed by atoms with Crippen LogP contribution in [0.5, 0.6) is 17.2 Å². The number of thiazole rings is 1. The monoisotopic (exact) mass is 773 g/mol. The van der Waals surface area contributed by atoms with E-state index in [2.05, 4.69) is 22.6 Å². The third kappa shape index (κ3) is 6.26. The number of likely N-dealkylation sites (N-methyl/N-ethyl adjacent to an activating group) is 1. The molecule has 246 valence electrons. The number of hydrogen-bond acceptors (Lipinski definition) is 7. The number of aromatic nitrogens is 1. The highest BCUT2D eigenvalue weighted by Gasteiger charge is 2.36. The Balaban J connectivity index is 1.52. The fraction of sp³-hybridized carbons (Fsp3) is 0.237. The van der Waals surface area contributed by atoms with Gasteiger partial charge in [-0.2, -0.15) is 0 Å². The Hall–Kier alpha value is -4.42. The second-order valence-corrected chi connectivity index (χ2v) is 13.4. The molecule has 4 aromatic carbocycles. The minimum Gasteiger partial charge on any atom is -0.496 e. The van der Waals surface area contributed by atoms with Gasteiger partial charge in [0.1, 0.15) is 18.4 Å². The van der Waals surface area contributed by atoms with Gasteiger partial charge in [-0.1, -0.05) is 72.0 Å². The van der Waals surface area contributed by atoms with Crippen LogP contribution in [0.3, 0.4) is 0 Å². The van der Waals surface area contributed by atoms with Gasteiger partial charge in [0.15, 0.2) is 16.3 Å². The van der Waals surface area contributed by atoms with Crippen molar-refractivity contribution >= 4 is 56.7 Å². The van der Waals surface area contributed by atoms with E-state index >= 15 is 0 Å². The van der Waals surface area contributed by atoms with Gasteiger partial charge in [-0.3, -0.25) is 14.2 Å². The highest BCUT2D eigenvalue weighted by atomic mass is 127. The Morgan fingerprint density at radius 3 is 2.40 bits per heavy atom. The Morgan fingerprint density at radius 2 is 1.69 bits per heavy atom. The van der Waals surface area contributed by atoms with E-state index in [0.717, 1.165) is 31.0 Å². The average Bonchev–Trinajstić information content (AvgIpc) is 3.40. The third-order valence-corrected chi connectivity index (χ3v) is 10.3. The number of methoxy groups -OCH3 is 2. The molecule has 1 aliphatic heterocycles. The number of ether oxygens (including phenoxy) is 3. The molecule has 1 aliphatic rings. The Morgan fingerprint density at radius 1 is 0.979 bits per heavy atom. The molecular formula is C38H36IN3O5S. The van der Waals surface area contributed by atoms with Crippen molar-refractivity contribution < 1.29 is 19.0 Å². The van der Waals surface area contributed by atoms with Crippen LogP contribution in [0.2, 0.25) is 0 Å². The molecule has 0 saturated carbocycles. The first kappa shape index (κ1) is 33.5. The van der Waals surface area contributed by atoms with Gasteiger partial charge in [0.25, 0.3) is 11.5 Å². The summed E-state index contributed by atoms with van der Waals surface area (Å²) in [7, 11) is 3.22. The first-order valence-corrected chi connectivity index (χ1v) is 17.6. The molecule has 0 unspecified atom stereocenters. The van der Waals surface area contributed by atoms with Crippen LogP contribution >= 0.6 is 33.9 Å². The number of allylic oxidation sites excluding steroid dienone is 1. The Kier molecular flexibility index (Phi) is 10.0. The molecule has 0 saturated heterocycles. The quantitative estimate of drug-likeness (QED) is 0.152. The average molecular weight is 774 g/mol. The van der Waals surface area contributed by atoms with Gasteiger partial charge in [-0.05, 0) is 89.5 Å². The summed E-state index contributed by atoms with van der Waals surface area (Å²) >= 11 is 3.53. The topological polar surface area (TPSA) is 82.4 Å². The van der Waals surface area contributed by atoms with Gasteiger partial charge in [0.2, 0.25) is 0 Å². The Labute approximate surface area is 296 Å². The van der Waals surface area contributed by atoms with E-state index in [1.165, 1.54) is 11.3 Å². The van der Waals surface area contributed by atoms with Crippen molar-refractivity contribution in [3.63, 3.8) is 0 Å². The molecule has 2 heterocycles. The molecule has 48 heavy (non-hydrogen) atoms. The van der Waals surface area contributed by atoms with Crippen LogP contribution in [0, 0.1) is 3.57 Å². The van der Waals surface area contributed by atoms with Crippen LogP contribution in [-0.4, -0.2) is 42.7 Å². The van der Waals surface area contributed by atoms with Crippen molar-refractivity contribution in [2.75, 3.05) is 27.3 Å². The van der Waals surface area contributed by atoms with Gasteiger partial charge < -0.3 is 19.1 Å². The molecule has 0 radical (unpaired) electrons. The highest BCUT2D eigenvalue weighted by Crippen LogP contribution is 2.41. The van der Waals surface area contributed by atoms with E-state index in [9.17, 15) is 9.59 Å². The summed E-state index contributed by atoms with van der Waals surface area (Å²) in [6, 6.07) is 24.9. The summed E-state index contributed by atoms with van der Waals surface area (Å²) in [5.74, 6) is 1.65. The smallest absolute Gasteiger partial charge is 0.271 e. The lowest BCUT2D eigenvalue weighted by molar-refractivity contribution is -0.127.